The number of hydrogen-bond donors (Lipinski definition) is 0. The van der Waals surface area contributed by atoms with Crippen LogP contribution in [-0.2, 0) is 0 Å². The molecule has 0 atom stereocenters. The van der Waals surface area contributed by atoms with Gasteiger partial charge in [0, 0.05) is 0 Å². The second kappa shape index (κ2) is 11.2. The Morgan fingerprint density at radius 3 is 1.33 bits per heavy atom. The van der Waals surface area contributed by atoms with Gasteiger partial charge in [-0.1, -0.05) is 5.57 Å². The Labute approximate surface area is 141 Å². The molecule has 0 aliphatic carbocycles. The van der Waals surface area contributed by atoms with Gasteiger partial charge in [-0.15, -0.1) is 6.58 Å². The van der Waals surface area contributed by atoms with Gasteiger partial charge in [-0.05, 0) is 13.8 Å². The van der Waals surface area contributed by atoms with Crippen LogP contribution in [0.4, 0.5) is 0 Å². The van der Waals surface area contributed by atoms with E-state index in [9.17, 15) is 0 Å². The first-order chi connectivity index (χ1) is 1.73. The van der Waals surface area contributed by atoms with Crippen LogP contribution in [0, 0.1) is 0 Å². The molecular weight excluding hydrogens is 219 g/mol. The van der Waals surface area contributed by atoms with Crippen LogP contribution in [0.15, 0.2) is 12.2 Å². The minimum absolute atomic E-state index is 0. The van der Waals surface area contributed by atoms with Gasteiger partial charge in [0.05, 0.1) is 0 Å². The van der Waals surface area contributed by atoms with E-state index < -0.39 is 0 Å². The summed E-state index contributed by atoms with van der Waals surface area (Å²) in [4.78, 5) is 0. The fourth-order valence-corrected chi connectivity index (χ4v) is 0. The fourth-order valence-electron chi connectivity index (χ4n) is 0. The van der Waals surface area contributed by atoms with E-state index in [0.29, 0.717) is 0 Å². The van der Waals surface area contributed by atoms with Crippen molar-refractivity contribution in [2.24, 2.45) is 0 Å². The molecule has 0 saturated heterocycles. The van der Waals surface area contributed by atoms with Crippen LogP contribution in [0.2, 0.25) is 0 Å². The molecule has 28 valence electrons. The van der Waals surface area contributed by atoms with Crippen molar-refractivity contribution in [1.82, 2.24) is 0 Å². The van der Waals surface area contributed by atoms with Gasteiger partial charge in [0.15, 0.2) is 0 Å². The molecule has 0 aromatic carbocycles. The maximum Gasteiger partial charge on any atom is 1.00 e. The Morgan fingerprint density at radius 2 is 1.33 bits per heavy atom. The summed E-state index contributed by atoms with van der Waals surface area (Å²) in [6, 6.07) is 0. The molecular formula is C4H10Rb2. The summed E-state index contributed by atoms with van der Waals surface area (Å²) >= 11 is 0. The molecule has 0 heterocycles. The van der Waals surface area contributed by atoms with Crippen molar-refractivity contribution in [3.63, 3.8) is 0 Å². The van der Waals surface area contributed by atoms with Gasteiger partial charge in [0.25, 0.3) is 0 Å². The quantitative estimate of drug-likeness (QED) is 0.370. The zero-order chi connectivity index (χ0) is 3.58. The Hall–Kier alpha value is 3.35. The van der Waals surface area contributed by atoms with Crippen molar-refractivity contribution in [2.75, 3.05) is 0 Å². The SMILES string of the molecule is C=C(C)C.[H-].[H-].[Rb+].[Rb+]. The van der Waals surface area contributed by atoms with E-state index in [4.69, 9.17) is 0 Å². The van der Waals surface area contributed by atoms with Gasteiger partial charge >= 0.3 is 116 Å². The predicted octanol–water partition coefficient (Wildman–Crippen LogP) is -4.18. The number of rotatable bonds is 0. The topological polar surface area (TPSA) is 0 Å². The monoisotopic (exact) mass is 228 g/mol. The van der Waals surface area contributed by atoms with E-state index in [-0.39, 0.29) is 119 Å². The fraction of sp³-hybridized carbons (Fsp3) is 0.500. The second-order valence-electron chi connectivity index (χ2n) is 1.21. The zero-order valence-electron chi connectivity index (χ0n) is 7.21. The molecule has 0 aliphatic rings. The second-order valence-corrected chi connectivity index (χ2v) is 1.21. The molecule has 0 rings (SSSR count). The van der Waals surface area contributed by atoms with E-state index in [1.165, 1.54) is 5.57 Å². The molecule has 0 saturated carbocycles. The molecule has 0 radical (unpaired) electrons. The Kier molecular flexibility index (Phi) is 30.1. The van der Waals surface area contributed by atoms with E-state index in [0.717, 1.165) is 0 Å². The van der Waals surface area contributed by atoms with Gasteiger partial charge in [0.1, 0.15) is 0 Å². The van der Waals surface area contributed by atoms with Crippen molar-refractivity contribution >= 4 is 0 Å². The first-order valence-electron chi connectivity index (χ1n) is 1.35. The van der Waals surface area contributed by atoms with E-state index in [2.05, 4.69) is 6.58 Å². The summed E-state index contributed by atoms with van der Waals surface area (Å²) in [5, 5.41) is 0. The van der Waals surface area contributed by atoms with Crippen LogP contribution in [-0.4, -0.2) is 0 Å². The average molecular weight is 229 g/mol. The molecule has 0 bridgehead atoms. The van der Waals surface area contributed by atoms with Gasteiger partial charge in [0.2, 0.25) is 0 Å². The molecule has 0 N–H and O–H groups in total. The minimum atomic E-state index is 0. The smallest absolute Gasteiger partial charge is 1.00 e. The van der Waals surface area contributed by atoms with Crippen LogP contribution in [0.1, 0.15) is 16.7 Å². The predicted molar refractivity (Wildman–Crippen MR) is 22.7 cm³/mol. The maximum atomic E-state index is 3.56. The number of allylic oxidation sites excluding steroid dienone is 1. The van der Waals surface area contributed by atoms with Crippen molar-refractivity contribution in [3.05, 3.63) is 12.2 Å². The largest absolute Gasteiger partial charge is 1.00 e. The molecule has 2 heteroatoms. The molecule has 0 fully saturated rings. The molecule has 6 heavy (non-hydrogen) atoms. The molecule has 0 nitrogen and oxygen atoms in total. The Bertz CT molecular complexity index is 35.0. The molecule has 0 spiro atoms. The third-order valence-electron chi connectivity index (χ3n) is 0. The molecule has 0 aromatic heterocycles. The van der Waals surface area contributed by atoms with Crippen LogP contribution >= 0.6 is 0 Å². The van der Waals surface area contributed by atoms with Crippen molar-refractivity contribution in [1.29, 1.82) is 0 Å². The Morgan fingerprint density at radius 1 is 1.33 bits per heavy atom. The van der Waals surface area contributed by atoms with Crippen molar-refractivity contribution in [2.45, 2.75) is 13.8 Å². The van der Waals surface area contributed by atoms with Crippen LogP contribution < -0.4 is 116 Å². The van der Waals surface area contributed by atoms with Crippen molar-refractivity contribution in [3.8, 4) is 0 Å². The normalized spacial score (nSPS) is 4.33. The van der Waals surface area contributed by atoms with Gasteiger partial charge in [-0.2, -0.15) is 0 Å². The minimum Gasteiger partial charge on any atom is -1.00 e. The summed E-state index contributed by atoms with van der Waals surface area (Å²) in [5.41, 5.74) is 1.17. The molecule has 0 amide bonds. The van der Waals surface area contributed by atoms with E-state index in [1.807, 2.05) is 13.8 Å². The van der Waals surface area contributed by atoms with Crippen LogP contribution in [0.5, 0.6) is 0 Å². The molecule has 0 aliphatic heterocycles. The maximum absolute atomic E-state index is 3.56. The van der Waals surface area contributed by atoms with Gasteiger partial charge in [-0.3, -0.25) is 0 Å². The molecule has 0 aromatic rings. The third-order valence-corrected chi connectivity index (χ3v) is 0. The van der Waals surface area contributed by atoms with E-state index >= 15 is 0 Å². The van der Waals surface area contributed by atoms with Crippen LogP contribution in [0.3, 0.4) is 0 Å². The Balaban J connectivity index is -0.00000000750. The van der Waals surface area contributed by atoms with Crippen LogP contribution in [0.25, 0.3) is 0 Å². The summed E-state index contributed by atoms with van der Waals surface area (Å²) in [6.45, 7) is 7.50. The summed E-state index contributed by atoms with van der Waals surface area (Å²) in [5.74, 6) is 0. The first-order valence-corrected chi connectivity index (χ1v) is 1.35. The average Bonchev–Trinajstić information content (AvgIpc) is 0.811. The molecule has 0 unspecified atom stereocenters. The van der Waals surface area contributed by atoms with Gasteiger partial charge < -0.3 is 2.85 Å². The van der Waals surface area contributed by atoms with Crippen molar-refractivity contribution < 1.29 is 119 Å². The third kappa shape index (κ3) is 26.4. The summed E-state index contributed by atoms with van der Waals surface area (Å²) in [6.07, 6.45) is 0. The summed E-state index contributed by atoms with van der Waals surface area (Å²) < 4.78 is 0. The first kappa shape index (κ1) is 16.2. The standard InChI is InChI=1S/C4H8.2Rb.2H/c1-4(2)3;;;;/h1H2,2-3H3;;;;/q;2*+1;2*-1. The summed E-state index contributed by atoms with van der Waals surface area (Å²) in [7, 11) is 0. The zero-order valence-corrected chi connectivity index (χ0v) is 15.0. The van der Waals surface area contributed by atoms with E-state index in [1.54, 1.807) is 0 Å². The van der Waals surface area contributed by atoms with Gasteiger partial charge in [-0.25, -0.2) is 0 Å². The number of hydrogen-bond acceptors (Lipinski definition) is 0.